The molecule has 3 heterocycles. The molecule has 2 fully saturated rings. The van der Waals surface area contributed by atoms with Gasteiger partial charge in [-0.3, -0.25) is 14.4 Å². The Bertz CT molecular complexity index is 923. The molecule has 7 nitrogen and oxygen atoms in total. The van der Waals surface area contributed by atoms with Crippen LogP contribution in [-0.4, -0.2) is 63.8 Å². The molecule has 2 aliphatic heterocycles. The SMILES string of the molecule is CC(=O)N1CC(=O)N(c2ccccc2)CC12CCN(C(=O)c1cccn1C)C2. The molecule has 4 rings (SSSR count). The molecular weight excluding hydrogens is 356 g/mol. The zero-order chi connectivity index (χ0) is 19.9. The Morgan fingerprint density at radius 1 is 1.04 bits per heavy atom. The third kappa shape index (κ3) is 2.96. The van der Waals surface area contributed by atoms with E-state index in [1.807, 2.05) is 49.6 Å². The molecule has 0 aliphatic carbocycles. The normalized spacial score (nSPS) is 22.2. The van der Waals surface area contributed by atoms with Gasteiger partial charge in [-0.25, -0.2) is 0 Å². The van der Waals surface area contributed by atoms with Crippen molar-refractivity contribution in [2.75, 3.05) is 31.1 Å². The average Bonchev–Trinajstić information content (AvgIpc) is 3.30. The minimum atomic E-state index is -0.559. The molecule has 146 valence electrons. The molecule has 2 aliphatic rings. The van der Waals surface area contributed by atoms with Crippen LogP contribution in [0.25, 0.3) is 0 Å². The topological polar surface area (TPSA) is 65.9 Å². The predicted octanol–water partition coefficient (Wildman–Crippen LogP) is 1.51. The molecule has 1 atom stereocenters. The molecular formula is C21H24N4O3. The highest BCUT2D eigenvalue weighted by atomic mass is 16.2. The smallest absolute Gasteiger partial charge is 0.270 e. The summed E-state index contributed by atoms with van der Waals surface area (Å²) in [5.41, 5.74) is 0.886. The second-order valence-electron chi connectivity index (χ2n) is 7.63. The van der Waals surface area contributed by atoms with Crippen LogP contribution in [-0.2, 0) is 16.6 Å². The number of benzene rings is 1. The Morgan fingerprint density at radius 3 is 2.43 bits per heavy atom. The number of nitrogens with zero attached hydrogens (tertiary/aromatic N) is 4. The van der Waals surface area contributed by atoms with Crippen LogP contribution in [0.5, 0.6) is 0 Å². The van der Waals surface area contributed by atoms with Gasteiger partial charge in [-0.05, 0) is 30.7 Å². The third-order valence-corrected chi connectivity index (χ3v) is 5.85. The third-order valence-electron chi connectivity index (χ3n) is 5.85. The number of carbonyl (C=O) groups is 3. The number of anilines is 1. The van der Waals surface area contributed by atoms with Crippen molar-refractivity contribution >= 4 is 23.4 Å². The standard InChI is InChI=1S/C21H24N4O3/c1-16(26)25-13-19(27)24(17-7-4-3-5-8-17)15-21(25)10-12-23(14-21)20(28)18-9-6-11-22(18)2/h3-9,11H,10,12-15H2,1-2H3. The van der Waals surface area contributed by atoms with Crippen molar-refractivity contribution in [2.45, 2.75) is 18.9 Å². The van der Waals surface area contributed by atoms with Gasteiger partial charge in [0, 0.05) is 38.9 Å². The maximum absolute atomic E-state index is 13.0. The number of hydrogen-bond donors (Lipinski definition) is 0. The molecule has 1 aromatic heterocycles. The number of amides is 3. The second-order valence-corrected chi connectivity index (χ2v) is 7.63. The van der Waals surface area contributed by atoms with Crippen molar-refractivity contribution in [3.8, 4) is 0 Å². The molecule has 2 aromatic rings. The van der Waals surface area contributed by atoms with E-state index >= 15 is 0 Å². The predicted molar refractivity (Wildman–Crippen MR) is 105 cm³/mol. The van der Waals surface area contributed by atoms with Gasteiger partial charge in [-0.2, -0.15) is 0 Å². The Kier molecular flexibility index (Phi) is 4.45. The van der Waals surface area contributed by atoms with E-state index in [0.717, 1.165) is 5.69 Å². The van der Waals surface area contributed by atoms with Crippen molar-refractivity contribution in [1.29, 1.82) is 0 Å². The van der Waals surface area contributed by atoms with Gasteiger partial charge < -0.3 is 19.3 Å². The molecule has 0 bridgehead atoms. The molecule has 3 amide bonds. The van der Waals surface area contributed by atoms with E-state index in [9.17, 15) is 14.4 Å². The van der Waals surface area contributed by atoms with Crippen LogP contribution in [0.1, 0.15) is 23.8 Å². The van der Waals surface area contributed by atoms with Crippen LogP contribution >= 0.6 is 0 Å². The van der Waals surface area contributed by atoms with Crippen molar-refractivity contribution in [3.63, 3.8) is 0 Å². The highest BCUT2D eigenvalue weighted by Crippen LogP contribution is 2.35. The van der Waals surface area contributed by atoms with Crippen LogP contribution in [0.2, 0.25) is 0 Å². The fourth-order valence-electron chi connectivity index (χ4n) is 4.37. The van der Waals surface area contributed by atoms with Gasteiger partial charge in [0.1, 0.15) is 12.2 Å². The molecule has 7 heteroatoms. The largest absolute Gasteiger partial charge is 0.347 e. The number of rotatable bonds is 2. The van der Waals surface area contributed by atoms with Crippen LogP contribution in [0.4, 0.5) is 5.69 Å². The van der Waals surface area contributed by atoms with Gasteiger partial charge in [0.15, 0.2) is 0 Å². The van der Waals surface area contributed by atoms with Crippen LogP contribution < -0.4 is 4.90 Å². The summed E-state index contributed by atoms with van der Waals surface area (Å²) in [6.07, 6.45) is 2.50. The van der Waals surface area contributed by atoms with E-state index in [0.29, 0.717) is 31.7 Å². The lowest BCUT2D eigenvalue weighted by Crippen LogP contribution is -2.67. The van der Waals surface area contributed by atoms with Crippen molar-refractivity contribution in [3.05, 3.63) is 54.4 Å². The number of carbonyl (C=O) groups excluding carboxylic acids is 3. The number of likely N-dealkylation sites (tertiary alicyclic amines) is 1. The van der Waals surface area contributed by atoms with E-state index in [2.05, 4.69) is 0 Å². The van der Waals surface area contributed by atoms with Crippen LogP contribution in [0.15, 0.2) is 48.7 Å². The molecule has 1 unspecified atom stereocenters. The lowest BCUT2D eigenvalue weighted by molar-refractivity contribution is -0.142. The number of piperazine rings is 1. The first-order chi connectivity index (χ1) is 13.4. The van der Waals surface area contributed by atoms with E-state index in [4.69, 9.17) is 0 Å². The van der Waals surface area contributed by atoms with E-state index in [1.165, 1.54) is 6.92 Å². The summed E-state index contributed by atoms with van der Waals surface area (Å²) in [5, 5.41) is 0. The number of aryl methyl sites for hydroxylation is 1. The summed E-state index contributed by atoms with van der Waals surface area (Å²) in [5.74, 6) is -0.274. The van der Waals surface area contributed by atoms with Gasteiger partial charge in [0.2, 0.25) is 11.8 Å². The lowest BCUT2D eigenvalue weighted by atomic mass is 9.91. The quantitative estimate of drug-likeness (QED) is 0.793. The van der Waals surface area contributed by atoms with Crippen LogP contribution in [0, 0.1) is 0 Å². The molecule has 0 N–H and O–H groups in total. The zero-order valence-electron chi connectivity index (χ0n) is 16.2. The van der Waals surface area contributed by atoms with Gasteiger partial charge in [0.25, 0.3) is 5.91 Å². The summed E-state index contributed by atoms with van der Waals surface area (Å²) >= 11 is 0. The molecule has 1 spiro atoms. The fraction of sp³-hybridized carbons (Fsp3) is 0.381. The van der Waals surface area contributed by atoms with Crippen LogP contribution in [0.3, 0.4) is 0 Å². The Hall–Kier alpha value is -3.09. The Balaban J connectivity index is 1.63. The summed E-state index contributed by atoms with van der Waals surface area (Å²) in [6, 6.07) is 13.1. The summed E-state index contributed by atoms with van der Waals surface area (Å²) in [6.45, 7) is 2.91. The van der Waals surface area contributed by atoms with Gasteiger partial charge in [0.05, 0.1) is 12.1 Å². The lowest BCUT2D eigenvalue weighted by Gasteiger charge is -2.48. The average molecular weight is 380 g/mol. The maximum atomic E-state index is 13.0. The minimum absolute atomic E-state index is 0.0381. The molecule has 0 radical (unpaired) electrons. The van der Waals surface area contributed by atoms with Crippen molar-refractivity contribution < 1.29 is 14.4 Å². The first kappa shape index (κ1) is 18.3. The summed E-state index contributed by atoms with van der Waals surface area (Å²) in [7, 11) is 1.84. The van der Waals surface area contributed by atoms with Crippen molar-refractivity contribution in [2.24, 2.45) is 7.05 Å². The molecule has 2 saturated heterocycles. The summed E-state index contributed by atoms with van der Waals surface area (Å²) < 4.78 is 1.80. The highest BCUT2D eigenvalue weighted by molar-refractivity contribution is 5.99. The minimum Gasteiger partial charge on any atom is -0.347 e. The van der Waals surface area contributed by atoms with Crippen molar-refractivity contribution in [1.82, 2.24) is 14.4 Å². The number of aromatic nitrogens is 1. The molecule has 0 saturated carbocycles. The number of hydrogen-bond acceptors (Lipinski definition) is 3. The highest BCUT2D eigenvalue weighted by Gasteiger charge is 2.51. The molecule has 1 aromatic carbocycles. The first-order valence-electron chi connectivity index (χ1n) is 9.45. The zero-order valence-corrected chi connectivity index (χ0v) is 16.2. The Morgan fingerprint density at radius 2 is 1.79 bits per heavy atom. The fourth-order valence-corrected chi connectivity index (χ4v) is 4.37. The van der Waals surface area contributed by atoms with E-state index in [-0.39, 0.29) is 24.3 Å². The summed E-state index contributed by atoms with van der Waals surface area (Å²) in [4.78, 5) is 43.3. The van der Waals surface area contributed by atoms with Gasteiger partial charge in [-0.1, -0.05) is 18.2 Å². The number of para-hydroxylation sites is 1. The van der Waals surface area contributed by atoms with Gasteiger partial charge in [-0.15, -0.1) is 0 Å². The second kappa shape index (κ2) is 6.82. The molecule has 28 heavy (non-hydrogen) atoms. The Labute approximate surface area is 164 Å². The monoisotopic (exact) mass is 380 g/mol. The first-order valence-corrected chi connectivity index (χ1v) is 9.45. The van der Waals surface area contributed by atoms with Gasteiger partial charge >= 0.3 is 0 Å². The van der Waals surface area contributed by atoms with E-state index < -0.39 is 5.54 Å². The maximum Gasteiger partial charge on any atom is 0.270 e. The van der Waals surface area contributed by atoms with E-state index in [1.54, 1.807) is 25.3 Å².